The van der Waals surface area contributed by atoms with Crippen molar-refractivity contribution in [1.82, 2.24) is 10.2 Å². The fourth-order valence-electron chi connectivity index (χ4n) is 2.82. The molecule has 1 aliphatic heterocycles. The van der Waals surface area contributed by atoms with E-state index in [9.17, 15) is 4.79 Å². The van der Waals surface area contributed by atoms with Gasteiger partial charge in [0.2, 0.25) is 5.91 Å². The third kappa shape index (κ3) is 7.29. The van der Waals surface area contributed by atoms with Crippen LogP contribution in [-0.4, -0.2) is 48.7 Å². The highest BCUT2D eigenvalue weighted by molar-refractivity contribution is 6.30. The van der Waals surface area contributed by atoms with E-state index in [1.54, 1.807) is 6.92 Å². The predicted molar refractivity (Wildman–Crippen MR) is 107 cm³/mol. The van der Waals surface area contributed by atoms with Gasteiger partial charge in [-0.3, -0.25) is 9.69 Å². The number of morpholine rings is 1. The highest BCUT2D eigenvalue weighted by Gasteiger charge is 2.32. The van der Waals surface area contributed by atoms with Crippen molar-refractivity contribution in [3.63, 3.8) is 0 Å². The maximum absolute atomic E-state index is 11.8. The van der Waals surface area contributed by atoms with E-state index < -0.39 is 6.04 Å². The fraction of sp³-hybridized carbons (Fsp3) is 0.588. The monoisotopic (exact) mass is 411 g/mol. The number of halogens is 3. The van der Waals surface area contributed by atoms with Gasteiger partial charge in [-0.2, -0.15) is 0 Å². The number of carbonyl (C=O) groups is 1. The molecule has 1 aromatic rings. The molecule has 144 valence electrons. The van der Waals surface area contributed by atoms with E-state index in [0.717, 1.165) is 18.7 Å². The van der Waals surface area contributed by atoms with E-state index >= 15 is 0 Å². The summed E-state index contributed by atoms with van der Waals surface area (Å²) in [6.07, 6.45) is 0. The lowest BCUT2D eigenvalue weighted by Crippen LogP contribution is -2.52. The molecule has 8 heteroatoms. The van der Waals surface area contributed by atoms with Crippen LogP contribution in [0.3, 0.4) is 0 Å². The van der Waals surface area contributed by atoms with Gasteiger partial charge >= 0.3 is 0 Å². The number of nitrogens with zero attached hydrogens (tertiary/aromatic N) is 1. The molecule has 0 spiro atoms. The van der Waals surface area contributed by atoms with E-state index in [4.69, 9.17) is 22.1 Å². The van der Waals surface area contributed by atoms with E-state index in [-0.39, 0.29) is 42.4 Å². The number of rotatable bonds is 5. The predicted octanol–water partition coefficient (Wildman–Crippen LogP) is 2.80. The van der Waals surface area contributed by atoms with Crippen LogP contribution in [0, 0.1) is 0 Å². The molecular formula is C17H28Cl3N3O2. The Morgan fingerprint density at radius 3 is 2.48 bits per heavy atom. The summed E-state index contributed by atoms with van der Waals surface area (Å²) < 4.78 is 5.79. The lowest BCUT2D eigenvalue weighted by Gasteiger charge is -2.42. The first-order chi connectivity index (χ1) is 10.8. The third-order valence-electron chi connectivity index (χ3n) is 4.03. The van der Waals surface area contributed by atoms with Crippen molar-refractivity contribution in [3.05, 3.63) is 34.9 Å². The molecule has 0 bridgehead atoms. The number of hydrogen-bond acceptors (Lipinski definition) is 4. The summed E-state index contributed by atoms with van der Waals surface area (Å²) in [5.41, 5.74) is 6.56. The molecular weight excluding hydrogens is 385 g/mol. The lowest BCUT2D eigenvalue weighted by atomic mass is 10.0. The van der Waals surface area contributed by atoms with Crippen molar-refractivity contribution in [2.45, 2.75) is 38.5 Å². The Morgan fingerprint density at radius 2 is 1.96 bits per heavy atom. The SMILES string of the molecule is C[C@@H](N)C(=O)NCC(c1ccc(Cl)cc1)N1CCOC(C)(C)C1.Cl.Cl. The van der Waals surface area contributed by atoms with Gasteiger partial charge in [0.15, 0.2) is 0 Å². The van der Waals surface area contributed by atoms with Crippen LogP contribution >= 0.6 is 36.4 Å². The minimum atomic E-state index is -0.512. The third-order valence-corrected chi connectivity index (χ3v) is 4.29. The molecule has 1 fully saturated rings. The van der Waals surface area contributed by atoms with Gasteiger partial charge in [0.25, 0.3) is 0 Å². The van der Waals surface area contributed by atoms with Crippen molar-refractivity contribution in [1.29, 1.82) is 0 Å². The molecule has 5 nitrogen and oxygen atoms in total. The van der Waals surface area contributed by atoms with Gasteiger partial charge in [0.05, 0.1) is 24.3 Å². The van der Waals surface area contributed by atoms with Gasteiger partial charge < -0.3 is 15.8 Å². The molecule has 0 aliphatic carbocycles. The number of carbonyl (C=O) groups excluding carboxylic acids is 1. The minimum Gasteiger partial charge on any atom is -0.373 e. The number of nitrogens with two attached hydrogens (primary N) is 1. The molecule has 3 N–H and O–H groups in total. The highest BCUT2D eigenvalue weighted by Crippen LogP contribution is 2.27. The zero-order chi connectivity index (χ0) is 17.0. The standard InChI is InChI=1S/C17H26ClN3O2.2ClH/c1-12(19)16(22)20-10-15(13-4-6-14(18)7-5-13)21-8-9-23-17(2,3)11-21;;/h4-7,12,15H,8-11,19H2,1-3H3,(H,20,22);2*1H/t12-,15?;;/m1../s1. The quantitative estimate of drug-likeness (QED) is 0.780. The summed E-state index contributed by atoms with van der Waals surface area (Å²) in [5.74, 6) is -0.142. The van der Waals surface area contributed by atoms with Crippen molar-refractivity contribution in [3.8, 4) is 0 Å². The summed E-state index contributed by atoms with van der Waals surface area (Å²) in [7, 11) is 0. The molecule has 25 heavy (non-hydrogen) atoms. The van der Waals surface area contributed by atoms with Crippen molar-refractivity contribution in [2.24, 2.45) is 5.73 Å². The Hall–Kier alpha value is -0.560. The summed E-state index contributed by atoms with van der Waals surface area (Å²) >= 11 is 6.00. The van der Waals surface area contributed by atoms with Gasteiger partial charge in [0.1, 0.15) is 0 Å². The molecule has 2 rings (SSSR count). The molecule has 1 unspecified atom stereocenters. The molecule has 1 saturated heterocycles. The lowest BCUT2D eigenvalue weighted by molar-refractivity contribution is -0.123. The van der Waals surface area contributed by atoms with Gasteiger partial charge in [-0.25, -0.2) is 0 Å². The van der Waals surface area contributed by atoms with Crippen molar-refractivity contribution in [2.75, 3.05) is 26.2 Å². The molecule has 1 heterocycles. The average Bonchev–Trinajstić information content (AvgIpc) is 2.48. The Bertz CT molecular complexity index is 538. The maximum Gasteiger partial charge on any atom is 0.236 e. The van der Waals surface area contributed by atoms with E-state index in [2.05, 4.69) is 24.1 Å². The maximum atomic E-state index is 11.8. The molecule has 1 amide bonds. The van der Waals surface area contributed by atoms with Gasteiger partial charge in [0, 0.05) is 24.7 Å². The molecule has 1 aliphatic rings. The largest absolute Gasteiger partial charge is 0.373 e. The molecule has 0 aromatic heterocycles. The molecule has 0 saturated carbocycles. The Morgan fingerprint density at radius 1 is 1.36 bits per heavy atom. The van der Waals surface area contributed by atoms with E-state index in [1.165, 1.54) is 0 Å². The molecule has 2 atom stereocenters. The summed E-state index contributed by atoms with van der Waals surface area (Å²) in [6, 6.07) is 7.33. The van der Waals surface area contributed by atoms with Crippen molar-refractivity contribution >= 4 is 42.3 Å². The van der Waals surface area contributed by atoms with Crippen molar-refractivity contribution < 1.29 is 9.53 Å². The summed E-state index contributed by atoms with van der Waals surface area (Å²) in [6.45, 7) is 8.66. The Balaban J connectivity index is 0.00000288. The van der Waals surface area contributed by atoms with Crippen LogP contribution in [-0.2, 0) is 9.53 Å². The zero-order valence-corrected chi connectivity index (χ0v) is 17.2. The van der Waals surface area contributed by atoms with Gasteiger partial charge in [-0.05, 0) is 38.5 Å². The van der Waals surface area contributed by atoms with Crippen LogP contribution in [0.2, 0.25) is 5.02 Å². The molecule has 1 aromatic carbocycles. The van der Waals surface area contributed by atoms with Gasteiger partial charge in [-0.1, -0.05) is 23.7 Å². The first-order valence-electron chi connectivity index (χ1n) is 7.95. The second kappa shape index (κ2) is 10.6. The first kappa shape index (κ1) is 24.4. The Labute approximate surface area is 167 Å². The van der Waals surface area contributed by atoms with Crippen LogP contribution in [0.1, 0.15) is 32.4 Å². The smallest absolute Gasteiger partial charge is 0.236 e. The second-order valence-corrected chi connectivity index (χ2v) is 7.12. The van der Waals surface area contributed by atoms with Crippen LogP contribution in [0.4, 0.5) is 0 Å². The van der Waals surface area contributed by atoms with E-state index in [1.807, 2.05) is 24.3 Å². The average molecular weight is 413 g/mol. The normalized spacial score (nSPS) is 19.1. The number of amides is 1. The second-order valence-electron chi connectivity index (χ2n) is 6.68. The Kier molecular flexibility index (Phi) is 10.3. The highest BCUT2D eigenvalue weighted by atomic mass is 35.5. The fourth-order valence-corrected chi connectivity index (χ4v) is 2.95. The van der Waals surface area contributed by atoms with Crippen LogP contribution < -0.4 is 11.1 Å². The topological polar surface area (TPSA) is 67.6 Å². The van der Waals surface area contributed by atoms with Crippen LogP contribution in [0.25, 0.3) is 0 Å². The van der Waals surface area contributed by atoms with Gasteiger partial charge in [-0.15, -0.1) is 24.8 Å². The number of ether oxygens (including phenoxy) is 1. The number of hydrogen-bond donors (Lipinski definition) is 2. The van der Waals surface area contributed by atoms with E-state index in [0.29, 0.717) is 18.2 Å². The summed E-state index contributed by atoms with van der Waals surface area (Å²) in [4.78, 5) is 14.2. The first-order valence-corrected chi connectivity index (χ1v) is 8.33. The number of benzene rings is 1. The van der Waals surface area contributed by atoms with Crippen LogP contribution in [0.15, 0.2) is 24.3 Å². The van der Waals surface area contributed by atoms with Crippen LogP contribution in [0.5, 0.6) is 0 Å². The zero-order valence-electron chi connectivity index (χ0n) is 14.8. The molecule has 0 radical (unpaired) electrons. The number of nitrogens with one attached hydrogen (secondary N) is 1. The minimum absolute atomic E-state index is 0. The summed E-state index contributed by atoms with van der Waals surface area (Å²) in [5, 5.41) is 3.64.